The minimum absolute atomic E-state index is 0.0276. The van der Waals surface area contributed by atoms with Gasteiger partial charge >= 0.3 is 0 Å². The van der Waals surface area contributed by atoms with Gasteiger partial charge in [0, 0.05) is 31.3 Å². The molecule has 2 N–H and O–H groups in total. The first-order chi connectivity index (χ1) is 10.1. The van der Waals surface area contributed by atoms with Gasteiger partial charge < -0.3 is 15.2 Å². The van der Waals surface area contributed by atoms with Crippen LogP contribution < -0.4 is 5.32 Å². The number of hydrogen-bond donors (Lipinski definition) is 2. The van der Waals surface area contributed by atoms with E-state index in [1.54, 1.807) is 13.2 Å². The maximum atomic E-state index is 13.0. The standard InChI is InChI=1S/C17H20FNO2/c1-12(16-8-7-15(18)9-17(16)20)19-10-13-5-3-4-6-14(13)11-21-2/h3-9,12,19-20H,10-11H2,1-2H3. The molecule has 2 rings (SSSR count). The Morgan fingerprint density at radius 3 is 2.57 bits per heavy atom. The molecule has 112 valence electrons. The van der Waals surface area contributed by atoms with E-state index in [1.165, 1.54) is 6.07 Å². The molecule has 0 aliphatic carbocycles. The van der Waals surface area contributed by atoms with Crippen molar-refractivity contribution in [2.45, 2.75) is 26.1 Å². The monoisotopic (exact) mass is 289 g/mol. The highest BCUT2D eigenvalue weighted by atomic mass is 19.1. The zero-order chi connectivity index (χ0) is 15.2. The summed E-state index contributed by atoms with van der Waals surface area (Å²) in [5.74, 6) is -0.464. The van der Waals surface area contributed by atoms with Gasteiger partial charge in [0.2, 0.25) is 0 Å². The molecule has 1 atom stereocenters. The second-order valence-electron chi connectivity index (χ2n) is 5.01. The lowest BCUT2D eigenvalue weighted by molar-refractivity contribution is 0.184. The molecule has 0 heterocycles. The number of rotatable bonds is 6. The van der Waals surface area contributed by atoms with Crippen LogP contribution in [0.2, 0.25) is 0 Å². The molecule has 0 bridgehead atoms. The lowest BCUT2D eigenvalue weighted by atomic mass is 10.0. The highest BCUT2D eigenvalue weighted by Gasteiger charge is 2.11. The molecule has 0 aromatic heterocycles. The van der Waals surface area contributed by atoms with E-state index >= 15 is 0 Å². The van der Waals surface area contributed by atoms with Crippen molar-refractivity contribution in [3.63, 3.8) is 0 Å². The SMILES string of the molecule is COCc1ccccc1CNC(C)c1ccc(F)cc1O. The van der Waals surface area contributed by atoms with Crippen molar-refractivity contribution >= 4 is 0 Å². The molecule has 0 saturated heterocycles. The Bertz CT molecular complexity index is 601. The lowest BCUT2D eigenvalue weighted by Crippen LogP contribution is -2.19. The average Bonchev–Trinajstić information content (AvgIpc) is 2.46. The first kappa shape index (κ1) is 15.5. The van der Waals surface area contributed by atoms with E-state index in [9.17, 15) is 9.50 Å². The molecule has 0 radical (unpaired) electrons. The van der Waals surface area contributed by atoms with E-state index in [0.717, 1.165) is 17.2 Å². The van der Waals surface area contributed by atoms with Gasteiger partial charge in [-0.3, -0.25) is 0 Å². The highest BCUT2D eigenvalue weighted by molar-refractivity contribution is 5.35. The van der Waals surface area contributed by atoms with Gasteiger partial charge in [-0.15, -0.1) is 0 Å². The molecule has 0 aliphatic heterocycles. The van der Waals surface area contributed by atoms with Crippen molar-refractivity contribution in [1.29, 1.82) is 0 Å². The van der Waals surface area contributed by atoms with Gasteiger partial charge in [0.1, 0.15) is 11.6 Å². The van der Waals surface area contributed by atoms with Crippen molar-refractivity contribution in [3.05, 3.63) is 65.0 Å². The minimum Gasteiger partial charge on any atom is -0.508 e. The van der Waals surface area contributed by atoms with Crippen molar-refractivity contribution in [2.75, 3.05) is 7.11 Å². The number of hydrogen-bond acceptors (Lipinski definition) is 3. The van der Waals surface area contributed by atoms with Gasteiger partial charge in [-0.05, 0) is 24.1 Å². The van der Waals surface area contributed by atoms with Gasteiger partial charge in [-0.1, -0.05) is 30.3 Å². The number of halogens is 1. The van der Waals surface area contributed by atoms with Gasteiger partial charge in [0.25, 0.3) is 0 Å². The van der Waals surface area contributed by atoms with Gasteiger partial charge in [0.05, 0.1) is 6.61 Å². The summed E-state index contributed by atoms with van der Waals surface area (Å²) in [7, 11) is 1.67. The Morgan fingerprint density at radius 2 is 1.90 bits per heavy atom. The number of phenols is 1. The van der Waals surface area contributed by atoms with Crippen LogP contribution in [0.4, 0.5) is 4.39 Å². The minimum atomic E-state index is -0.436. The van der Waals surface area contributed by atoms with Crippen LogP contribution in [0.3, 0.4) is 0 Å². The number of nitrogens with one attached hydrogen (secondary N) is 1. The molecule has 21 heavy (non-hydrogen) atoms. The Balaban J connectivity index is 2.05. The van der Waals surface area contributed by atoms with Crippen molar-refractivity contribution in [1.82, 2.24) is 5.32 Å². The Kier molecular flexibility index (Phi) is 5.31. The molecule has 0 amide bonds. The second kappa shape index (κ2) is 7.20. The number of ether oxygens (including phenoxy) is 1. The Labute approximate surface area is 124 Å². The maximum absolute atomic E-state index is 13.0. The number of aromatic hydroxyl groups is 1. The van der Waals surface area contributed by atoms with Gasteiger partial charge in [-0.25, -0.2) is 4.39 Å². The normalized spacial score (nSPS) is 12.3. The molecular weight excluding hydrogens is 269 g/mol. The molecule has 3 nitrogen and oxygen atoms in total. The molecular formula is C17H20FNO2. The Morgan fingerprint density at radius 1 is 1.19 bits per heavy atom. The number of phenolic OH excluding ortho intramolecular Hbond substituents is 1. The summed E-state index contributed by atoms with van der Waals surface area (Å²) < 4.78 is 18.2. The van der Waals surface area contributed by atoms with E-state index in [-0.39, 0.29) is 11.8 Å². The van der Waals surface area contributed by atoms with Gasteiger partial charge in [0.15, 0.2) is 0 Å². The summed E-state index contributed by atoms with van der Waals surface area (Å²) in [5, 5.41) is 13.1. The van der Waals surface area contributed by atoms with Crippen LogP contribution in [0.5, 0.6) is 5.75 Å². The summed E-state index contributed by atoms with van der Waals surface area (Å²) in [6, 6.07) is 12.0. The summed E-state index contributed by atoms with van der Waals surface area (Å²) in [4.78, 5) is 0. The quantitative estimate of drug-likeness (QED) is 0.855. The van der Waals surface area contributed by atoms with Crippen LogP contribution in [-0.4, -0.2) is 12.2 Å². The van der Waals surface area contributed by atoms with Crippen LogP contribution in [0.1, 0.15) is 29.7 Å². The average molecular weight is 289 g/mol. The Hall–Kier alpha value is -1.91. The molecule has 2 aromatic rings. The third-order valence-electron chi connectivity index (χ3n) is 3.48. The van der Waals surface area contributed by atoms with Crippen molar-refractivity contribution in [2.24, 2.45) is 0 Å². The second-order valence-corrected chi connectivity index (χ2v) is 5.01. The zero-order valence-corrected chi connectivity index (χ0v) is 12.3. The van der Waals surface area contributed by atoms with E-state index in [0.29, 0.717) is 18.7 Å². The maximum Gasteiger partial charge on any atom is 0.126 e. The molecule has 0 saturated carbocycles. The number of methoxy groups -OCH3 is 1. The first-order valence-corrected chi connectivity index (χ1v) is 6.89. The largest absolute Gasteiger partial charge is 0.508 e. The summed E-state index contributed by atoms with van der Waals surface area (Å²) in [6.07, 6.45) is 0. The van der Waals surface area contributed by atoms with Crippen molar-refractivity contribution < 1.29 is 14.2 Å². The lowest BCUT2D eigenvalue weighted by Gasteiger charge is -2.17. The van der Waals surface area contributed by atoms with Gasteiger partial charge in [-0.2, -0.15) is 0 Å². The fourth-order valence-electron chi connectivity index (χ4n) is 2.28. The highest BCUT2D eigenvalue weighted by Crippen LogP contribution is 2.25. The summed E-state index contributed by atoms with van der Waals surface area (Å²) in [5.41, 5.74) is 2.96. The molecule has 1 unspecified atom stereocenters. The van der Waals surface area contributed by atoms with Crippen LogP contribution in [0.25, 0.3) is 0 Å². The number of benzene rings is 2. The van der Waals surface area contributed by atoms with Crippen LogP contribution >= 0.6 is 0 Å². The molecule has 0 spiro atoms. The summed E-state index contributed by atoms with van der Waals surface area (Å²) in [6.45, 7) is 3.15. The molecule has 4 heteroatoms. The fourth-order valence-corrected chi connectivity index (χ4v) is 2.28. The van der Waals surface area contributed by atoms with Crippen LogP contribution in [0.15, 0.2) is 42.5 Å². The van der Waals surface area contributed by atoms with E-state index in [4.69, 9.17) is 4.74 Å². The summed E-state index contributed by atoms with van der Waals surface area (Å²) >= 11 is 0. The molecule has 2 aromatic carbocycles. The predicted octanol–water partition coefficient (Wildman–Crippen LogP) is 3.53. The smallest absolute Gasteiger partial charge is 0.126 e. The third-order valence-corrected chi connectivity index (χ3v) is 3.48. The van der Waals surface area contributed by atoms with Crippen LogP contribution in [-0.2, 0) is 17.9 Å². The first-order valence-electron chi connectivity index (χ1n) is 6.89. The molecule has 0 aliphatic rings. The topological polar surface area (TPSA) is 41.5 Å². The third kappa shape index (κ3) is 4.03. The zero-order valence-electron chi connectivity index (χ0n) is 12.3. The van der Waals surface area contributed by atoms with E-state index in [2.05, 4.69) is 5.32 Å². The van der Waals surface area contributed by atoms with E-state index in [1.807, 2.05) is 31.2 Å². The predicted molar refractivity (Wildman–Crippen MR) is 80.5 cm³/mol. The van der Waals surface area contributed by atoms with Crippen LogP contribution in [0, 0.1) is 5.82 Å². The van der Waals surface area contributed by atoms with E-state index < -0.39 is 5.82 Å². The van der Waals surface area contributed by atoms with Crippen molar-refractivity contribution in [3.8, 4) is 5.75 Å². The fraction of sp³-hybridized carbons (Fsp3) is 0.294. The molecule has 0 fully saturated rings.